The van der Waals surface area contributed by atoms with Gasteiger partial charge in [0.2, 0.25) is 0 Å². The van der Waals surface area contributed by atoms with E-state index >= 15 is 0 Å². The van der Waals surface area contributed by atoms with E-state index in [9.17, 15) is 4.79 Å². The van der Waals surface area contributed by atoms with E-state index < -0.39 is 5.97 Å². The Morgan fingerprint density at radius 2 is 1.83 bits per heavy atom. The molecule has 6 nitrogen and oxygen atoms in total. The molecule has 0 aliphatic heterocycles. The highest BCUT2D eigenvalue weighted by Gasteiger charge is 2.15. The van der Waals surface area contributed by atoms with Crippen molar-refractivity contribution in [3.05, 3.63) is 34.5 Å². The normalized spacial score (nSPS) is 9.87. The molecule has 1 aromatic carbocycles. The topological polar surface area (TPSA) is 68.8 Å². The number of methoxy groups -OCH3 is 3. The van der Waals surface area contributed by atoms with Gasteiger partial charge in [0, 0.05) is 6.07 Å². The van der Waals surface area contributed by atoms with Crippen molar-refractivity contribution < 1.29 is 19.0 Å². The lowest BCUT2D eigenvalue weighted by atomic mass is 10.2. The van der Waals surface area contributed by atoms with Gasteiger partial charge in [-0.15, -0.1) is 11.3 Å². The molecule has 0 saturated carbocycles. The third-order valence-electron chi connectivity index (χ3n) is 2.94. The van der Waals surface area contributed by atoms with Crippen LogP contribution in [0.15, 0.2) is 29.6 Å². The molecule has 2 rings (SSSR count). The van der Waals surface area contributed by atoms with E-state index in [1.54, 1.807) is 43.9 Å². The molecule has 0 amide bonds. The fourth-order valence-electron chi connectivity index (χ4n) is 1.85. The number of hydrogen-bond donors (Lipinski definition) is 2. The number of anilines is 2. The zero-order valence-corrected chi connectivity index (χ0v) is 14.5. The molecule has 8 heteroatoms. The molecule has 1 heterocycles. The minimum absolute atomic E-state index is 0.320. The van der Waals surface area contributed by atoms with Crippen LogP contribution >= 0.6 is 23.6 Å². The maximum atomic E-state index is 11.7. The van der Waals surface area contributed by atoms with E-state index in [-0.39, 0.29) is 0 Å². The molecular weight excluding hydrogens is 336 g/mol. The molecule has 0 unspecified atom stereocenters. The lowest BCUT2D eigenvalue weighted by Gasteiger charge is -2.14. The van der Waals surface area contributed by atoms with Crippen molar-refractivity contribution in [3.8, 4) is 11.5 Å². The number of carbonyl (C=O) groups is 1. The van der Waals surface area contributed by atoms with E-state index in [1.807, 2.05) is 0 Å². The van der Waals surface area contributed by atoms with Crippen molar-refractivity contribution in [2.75, 3.05) is 32.0 Å². The monoisotopic (exact) mass is 352 g/mol. The highest BCUT2D eigenvalue weighted by atomic mass is 32.1. The number of thiophene rings is 1. The Hall–Kier alpha value is -2.32. The second kappa shape index (κ2) is 7.80. The summed E-state index contributed by atoms with van der Waals surface area (Å²) in [6.45, 7) is 0. The first kappa shape index (κ1) is 17.0. The Morgan fingerprint density at radius 3 is 2.48 bits per heavy atom. The summed E-state index contributed by atoms with van der Waals surface area (Å²) in [5.41, 5.74) is 1.24. The lowest BCUT2D eigenvalue weighted by Crippen LogP contribution is -2.20. The van der Waals surface area contributed by atoms with Gasteiger partial charge in [-0.25, -0.2) is 4.79 Å². The fraction of sp³-hybridized carbons (Fsp3) is 0.200. The van der Waals surface area contributed by atoms with Crippen LogP contribution in [0.2, 0.25) is 0 Å². The number of carbonyl (C=O) groups excluding carboxylic acids is 1. The summed E-state index contributed by atoms with van der Waals surface area (Å²) in [6, 6.07) is 7.08. The first-order valence-electron chi connectivity index (χ1n) is 6.55. The van der Waals surface area contributed by atoms with Crippen LogP contribution in [-0.2, 0) is 4.74 Å². The van der Waals surface area contributed by atoms with Crippen LogP contribution in [0.3, 0.4) is 0 Å². The largest absolute Gasteiger partial charge is 0.497 e. The fourth-order valence-corrected chi connectivity index (χ4v) is 2.83. The van der Waals surface area contributed by atoms with Crippen LogP contribution in [0.5, 0.6) is 11.5 Å². The Labute approximate surface area is 143 Å². The van der Waals surface area contributed by atoms with Crippen LogP contribution in [0, 0.1) is 0 Å². The van der Waals surface area contributed by atoms with Crippen molar-refractivity contribution in [1.29, 1.82) is 0 Å². The number of ether oxygens (including phenoxy) is 3. The van der Waals surface area contributed by atoms with Gasteiger partial charge in [0.05, 0.1) is 32.7 Å². The summed E-state index contributed by atoms with van der Waals surface area (Å²) in [5.74, 6) is 0.875. The maximum absolute atomic E-state index is 11.7. The quantitative estimate of drug-likeness (QED) is 0.632. The lowest BCUT2D eigenvalue weighted by molar-refractivity contribution is 0.0607. The average molecular weight is 352 g/mol. The predicted octanol–water partition coefficient (Wildman–Crippen LogP) is 3.36. The van der Waals surface area contributed by atoms with Crippen LogP contribution < -0.4 is 20.1 Å². The maximum Gasteiger partial charge on any atom is 0.350 e. The minimum Gasteiger partial charge on any atom is -0.497 e. The molecule has 2 N–H and O–H groups in total. The van der Waals surface area contributed by atoms with Crippen molar-refractivity contribution >= 4 is 46.0 Å². The Bertz CT molecular complexity index is 715. The molecular formula is C15H16N2O4S2. The van der Waals surface area contributed by atoms with Crippen molar-refractivity contribution in [2.45, 2.75) is 0 Å². The number of hydrogen-bond acceptors (Lipinski definition) is 6. The van der Waals surface area contributed by atoms with Crippen molar-refractivity contribution in [1.82, 2.24) is 0 Å². The van der Waals surface area contributed by atoms with Gasteiger partial charge in [-0.2, -0.15) is 0 Å². The third kappa shape index (κ3) is 4.11. The molecule has 0 aliphatic carbocycles. The Kier molecular flexibility index (Phi) is 5.78. The molecule has 1 aromatic heterocycles. The number of thiocarbonyl (C=S) groups is 1. The zero-order valence-electron chi connectivity index (χ0n) is 12.8. The van der Waals surface area contributed by atoms with Crippen LogP contribution in [0.25, 0.3) is 0 Å². The summed E-state index contributed by atoms with van der Waals surface area (Å²) in [4.78, 5) is 12.1. The SMILES string of the molecule is COC(=O)c1sccc1NC(=S)Nc1cc(OC)ccc1OC. The second-order valence-electron chi connectivity index (χ2n) is 4.30. The van der Waals surface area contributed by atoms with Gasteiger partial charge in [0.15, 0.2) is 5.11 Å². The van der Waals surface area contributed by atoms with E-state index in [1.165, 1.54) is 18.4 Å². The molecule has 0 aliphatic rings. The van der Waals surface area contributed by atoms with Crippen LogP contribution in [0.4, 0.5) is 11.4 Å². The van der Waals surface area contributed by atoms with Gasteiger partial charge in [-0.3, -0.25) is 0 Å². The van der Waals surface area contributed by atoms with E-state index in [0.29, 0.717) is 32.9 Å². The van der Waals surface area contributed by atoms with Gasteiger partial charge in [0.1, 0.15) is 16.4 Å². The van der Waals surface area contributed by atoms with Gasteiger partial charge < -0.3 is 24.8 Å². The standard InChI is InChI=1S/C15H16N2O4S2/c1-19-9-4-5-12(20-2)11(8-9)17-15(22)16-10-6-7-23-13(10)14(18)21-3/h4-8H,1-3H3,(H2,16,17,22). The molecule has 0 spiro atoms. The molecule has 0 fully saturated rings. The van der Waals surface area contributed by atoms with Crippen molar-refractivity contribution in [2.24, 2.45) is 0 Å². The molecule has 0 radical (unpaired) electrons. The van der Waals surface area contributed by atoms with Gasteiger partial charge in [0.25, 0.3) is 0 Å². The first-order chi connectivity index (χ1) is 11.1. The summed E-state index contributed by atoms with van der Waals surface area (Å²) in [6.07, 6.45) is 0. The molecule has 0 atom stereocenters. The zero-order chi connectivity index (χ0) is 16.8. The van der Waals surface area contributed by atoms with E-state index in [0.717, 1.165) is 0 Å². The summed E-state index contributed by atoms with van der Waals surface area (Å²) < 4.78 is 15.2. The Balaban J connectivity index is 2.14. The molecule has 2 aromatic rings. The van der Waals surface area contributed by atoms with E-state index in [2.05, 4.69) is 10.6 Å². The predicted molar refractivity (Wildman–Crippen MR) is 95.0 cm³/mol. The Morgan fingerprint density at radius 1 is 1.09 bits per heavy atom. The molecule has 0 bridgehead atoms. The molecule has 122 valence electrons. The van der Waals surface area contributed by atoms with Crippen LogP contribution in [-0.4, -0.2) is 32.4 Å². The highest BCUT2D eigenvalue weighted by molar-refractivity contribution is 7.80. The molecule has 0 saturated heterocycles. The highest BCUT2D eigenvalue weighted by Crippen LogP contribution is 2.29. The van der Waals surface area contributed by atoms with Gasteiger partial charge in [-0.1, -0.05) is 0 Å². The summed E-state index contributed by atoms with van der Waals surface area (Å²) in [7, 11) is 4.48. The number of rotatable bonds is 5. The van der Waals surface area contributed by atoms with Crippen molar-refractivity contribution in [3.63, 3.8) is 0 Å². The third-order valence-corrected chi connectivity index (χ3v) is 4.04. The minimum atomic E-state index is -0.413. The van der Waals surface area contributed by atoms with Gasteiger partial charge in [-0.05, 0) is 35.8 Å². The number of esters is 1. The second-order valence-corrected chi connectivity index (χ2v) is 5.62. The summed E-state index contributed by atoms with van der Waals surface area (Å²) in [5, 5.41) is 8.10. The smallest absolute Gasteiger partial charge is 0.350 e. The molecule has 23 heavy (non-hydrogen) atoms. The number of benzene rings is 1. The van der Waals surface area contributed by atoms with Crippen LogP contribution in [0.1, 0.15) is 9.67 Å². The van der Waals surface area contributed by atoms with Gasteiger partial charge >= 0.3 is 5.97 Å². The number of nitrogens with one attached hydrogen (secondary N) is 2. The average Bonchev–Trinajstić information content (AvgIpc) is 3.01. The first-order valence-corrected chi connectivity index (χ1v) is 7.83. The van der Waals surface area contributed by atoms with E-state index in [4.69, 9.17) is 26.4 Å². The summed E-state index contributed by atoms with van der Waals surface area (Å²) >= 11 is 6.56.